The Morgan fingerprint density at radius 1 is 1.14 bits per heavy atom. The van der Waals surface area contributed by atoms with Crippen molar-refractivity contribution < 1.29 is 4.74 Å². The van der Waals surface area contributed by atoms with Gasteiger partial charge < -0.3 is 4.74 Å². The average molecular weight is 306 g/mol. The molecule has 0 bridgehead atoms. The van der Waals surface area contributed by atoms with Crippen LogP contribution in [0.2, 0.25) is 5.15 Å². The van der Waals surface area contributed by atoms with Crippen molar-refractivity contribution in [1.29, 1.82) is 0 Å². The second kappa shape index (κ2) is 5.98. The Morgan fingerprint density at radius 2 is 1.86 bits per heavy atom. The number of aryl methyl sites for hydroxylation is 2. The summed E-state index contributed by atoms with van der Waals surface area (Å²) in [5.41, 5.74) is 1.68. The predicted molar refractivity (Wildman–Crippen MR) is 84.2 cm³/mol. The molecule has 4 nitrogen and oxygen atoms in total. The minimum atomic E-state index is -0.192. The van der Waals surface area contributed by atoms with E-state index in [0.29, 0.717) is 22.6 Å². The molecular formula is C16H20ClN3O. The van der Waals surface area contributed by atoms with Gasteiger partial charge in [-0.2, -0.15) is 4.98 Å². The molecular weight excluding hydrogens is 286 g/mol. The maximum absolute atomic E-state index is 6.07. The Labute approximate surface area is 130 Å². The van der Waals surface area contributed by atoms with E-state index in [9.17, 15) is 0 Å². The maximum Gasteiger partial charge on any atom is 0.224 e. The van der Waals surface area contributed by atoms with E-state index in [1.807, 2.05) is 46.8 Å². The van der Waals surface area contributed by atoms with Gasteiger partial charge in [0.2, 0.25) is 5.88 Å². The van der Waals surface area contributed by atoms with E-state index in [1.165, 1.54) is 0 Å². The van der Waals surface area contributed by atoms with Crippen LogP contribution in [-0.2, 0) is 11.8 Å². The lowest BCUT2D eigenvalue weighted by Crippen LogP contribution is -2.16. The van der Waals surface area contributed by atoms with Crippen molar-refractivity contribution in [3.8, 4) is 11.6 Å². The van der Waals surface area contributed by atoms with Crippen LogP contribution in [0.4, 0.5) is 0 Å². The quantitative estimate of drug-likeness (QED) is 0.784. The first-order valence-corrected chi connectivity index (χ1v) is 7.37. The molecule has 0 saturated heterocycles. The highest BCUT2D eigenvalue weighted by Gasteiger charge is 2.19. The molecule has 0 fully saturated rings. The van der Waals surface area contributed by atoms with Crippen LogP contribution in [0.5, 0.6) is 11.6 Å². The number of hydrogen-bond donors (Lipinski definition) is 0. The predicted octanol–water partition coefficient (Wildman–Crippen LogP) is 4.49. The third-order valence-electron chi connectivity index (χ3n) is 2.96. The van der Waals surface area contributed by atoms with Gasteiger partial charge in [0.05, 0.1) is 5.69 Å². The monoisotopic (exact) mass is 305 g/mol. The first-order chi connectivity index (χ1) is 9.79. The zero-order valence-corrected chi connectivity index (χ0v) is 13.8. The van der Waals surface area contributed by atoms with Crippen molar-refractivity contribution in [1.82, 2.24) is 15.0 Å². The zero-order valence-electron chi connectivity index (χ0n) is 13.1. The van der Waals surface area contributed by atoms with Gasteiger partial charge in [-0.05, 0) is 25.5 Å². The van der Waals surface area contributed by atoms with Gasteiger partial charge in [0.1, 0.15) is 11.0 Å². The van der Waals surface area contributed by atoms with Crippen LogP contribution >= 0.6 is 11.6 Å². The third-order valence-corrected chi connectivity index (χ3v) is 3.16. The Hall–Kier alpha value is -1.68. The standard InChI is InChI=1S/C16H20ClN3O/c1-6-11-12(8-7-10(2)18-11)21-14-9-13(17)19-15(20-14)16(3,4)5/h7-9H,6H2,1-5H3. The van der Waals surface area contributed by atoms with E-state index in [-0.39, 0.29) is 5.41 Å². The lowest BCUT2D eigenvalue weighted by atomic mass is 9.96. The topological polar surface area (TPSA) is 47.9 Å². The molecule has 0 amide bonds. The highest BCUT2D eigenvalue weighted by atomic mass is 35.5. The van der Waals surface area contributed by atoms with Gasteiger partial charge in [0.25, 0.3) is 0 Å². The van der Waals surface area contributed by atoms with Crippen molar-refractivity contribution in [2.75, 3.05) is 0 Å². The molecule has 5 heteroatoms. The minimum Gasteiger partial charge on any atom is -0.437 e. The van der Waals surface area contributed by atoms with E-state index in [1.54, 1.807) is 6.07 Å². The fourth-order valence-corrected chi connectivity index (χ4v) is 2.01. The summed E-state index contributed by atoms with van der Waals surface area (Å²) >= 11 is 6.07. The molecule has 2 rings (SSSR count). The van der Waals surface area contributed by atoms with E-state index in [4.69, 9.17) is 16.3 Å². The lowest BCUT2D eigenvalue weighted by Gasteiger charge is -2.17. The summed E-state index contributed by atoms with van der Waals surface area (Å²) in [5, 5.41) is 0.378. The second-order valence-corrected chi connectivity index (χ2v) is 6.34. The van der Waals surface area contributed by atoms with Gasteiger partial charge in [0, 0.05) is 17.2 Å². The van der Waals surface area contributed by atoms with Crippen molar-refractivity contribution in [3.63, 3.8) is 0 Å². The van der Waals surface area contributed by atoms with Crippen molar-refractivity contribution in [2.24, 2.45) is 0 Å². The van der Waals surface area contributed by atoms with Crippen LogP contribution < -0.4 is 4.74 Å². The minimum absolute atomic E-state index is 0.192. The molecule has 0 N–H and O–H groups in total. The third kappa shape index (κ3) is 3.91. The van der Waals surface area contributed by atoms with E-state index in [2.05, 4.69) is 15.0 Å². The molecule has 0 saturated carbocycles. The smallest absolute Gasteiger partial charge is 0.224 e. The van der Waals surface area contributed by atoms with Crippen LogP contribution in [0, 0.1) is 6.92 Å². The number of aromatic nitrogens is 3. The highest BCUT2D eigenvalue weighted by molar-refractivity contribution is 6.29. The summed E-state index contributed by atoms with van der Waals surface area (Å²) in [5.74, 6) is 1.81. The summed E-state index contributed by atoms with van der Waals surface area (Å²) in [6, 6.07) is 5.45. The van der Waals surface area contributed by atoms with Crippen LogP contribution in [0.15, 0.2) is 18.2 Å². The Balaban J connectivity index is 2.38. The summed E-state index contributed by atoms with van der Waals surface area (Å²) in [4.78, 5) is 13.2. The molecule has 2 heterocycles. The van der Waals surface area contributed by atoms with Crippen LogP contribution in [0.3, 0.4) is 0 Å². The van der Waals surface area contributed by atoms with E-state index < -0.39 is 0 Å². The van der Waals surface area contributed by atoms with Gasteiger partial charge >= 0.3 is 0 Å². The average Bonchev–Trinajstić information content (AvgIpc) is 2.39. The van der Waals surface area contributed by atoms with Crippen LogP contribution in [0.1, 0.15) is 44.9 Å². The number of rotatable bonds is 3. The maximum atomic E-state index is 6.07. The fourth-order valence-electron chi connectivity index (χ4n) is 1.84. The lowest BCUT2D eigenvalue weighted by molar-refractivity contribution is 0.439. The SMILES string of the molecule is CCc1nc(C)ccc1Oc1cc(Cl)nc(C(C)(C)C)n1. The molecule has 0 aliphatic carbocycles. The first kappa shape index (κ1) is 15.7. The number of hydrogen-bond acceptors (Lipinski definition) is 4. The Kier molecular flexibility index (Phi) is 4.47. The molecule has 2 aromatic heterocycles. The molecule has 0 spiro atoms. The van der Waals surface area contributed by atoms with Gasteiger partial charge in [-0.3, -0.25) is 4.98 Å². The second-order valence-electron chi connectivity index (χ2n) is 5.96. The Bertz CT molecular complexity index is 650. The largest absolute Gasteiger partial charge is 0.437 e. The molecule has 0 atom stereocenters. The zero-order chi connectivity index (χ0) is 15.6. The van der Waals surface area contributed by atoms with E-state index in [0.717, 1.165) is 17.8 Å². The Morgan fingerprint density at radius 3 is 2.48 bits per heavy atom. The molecule has 112 valence electrons. The van der Waals surface area contributed by atoms with E-state index >= 15 is 0 Å². The number of halogens is 1. The fraction of sp³-hybridized carbons (Fsp3) is 0.438. The van der Waals surface area contributed by atoms with Gasteiger partial charge in [-0.15, -0.1) is 0 Å². The van der Waals surface area contributed by atoms with Gasteiger partial charge in [0.15, 0.2) is 5.75 Å². The van der Waals surface area contributed by atoms with Crippen molar-refractivity contribution in [2.45, 2.75) is 46.5 Å². The summed E-state index contributed by atoms with van der Waals surface area (Å²) in [6.07, 6.45) is 0.794. The molecule has 2 aromatic rings. The van der Waals surface area contributed by atoms with Crippen LogP contribution in [-0.4, -0.2) is 15.0 Å². The van der Waals surface area contributed by atoms with Crippen molar-refractivity contribution >= 4 is 11.6 Å². The normalized spacial score (nSPS) is 11.5. The molecule has 21 heavy (non-hydrogen) atoms. The molecule has 0 aliphatic heterocycles. The first-order valence-electron chi connectivity index (χ1n) is 6.99. The molecule has 0 radical (unpaired) electrons. The van der Waals surface area contributed by atoms with Gasteiger partial charge in [-0.25, -0.2) is 4.98 Å². The molecule has 0 aliphatic rings. The highest BCUT2D eigenvalue weighted by Crippen LogP contribution is 2.28. The van der Waals surface area contributed by atoms with Crippen molar-refractivity contribution in [3.05, 3.63) is 40.6 Å². The molecule has 0 unspecified atom stereocenters. The summed E-state index contributed by atoms with van der Waals surface area (Å²) < 4.78 is 5.87. The van der Waals surface area contributed by atoms with Gasteiger partial charge in [-0.1, -0.05) is 39.3 Å². The number of nitrogens with zero attached hydrogens (tertiary/aromatic N) is 3. The van der Waals surface area contributed by atoms with Crippen LogP contribution in [0.25, 0.3) is 0 Å². The summed E-state index contributed by atoms with van der Waals surface area (Å²) in [6.45, 7) is 10.1. The number of pyridine rings is 1. The molecule has 0 aromatic carbocycles. The summed E-state index contributed by atoms with van der Waals surface area (Å²) in [7, 11) is 0. The number of ether oxygens (including phenoxy) is 1.